The molecule has 3 nitrogen and oxygen atoms in total. The van der Waals surface area contributed by atoms with Gasteiger partial charge in [-0.3, -0.25) is 0 Å². The van der Waals surface area contributed by atoms with Crippen molar-refractivity contribution in [1.29, 1.82) is 0 Å². The van der Waals surface area contributed by atoms with E-state index in [1.54, 1.807) is 17.5 Å². The second-order valence-corrected chi connectivity index (χ2v) is 3.90. The minimum absolute atomic E-state index is 0.457. The SMILES string of the molecule is ClCc1cnnn1Cc1cccs1. The minimum atomic E-state index is 0.457. The van der Waals surface area contributed by atoms with E-state index in [0.29, 0.717) is 5.88 Å². The van der Waals surface area contributed by atoms with Gasteiger partial charge in [-0.05, 0) is 11.4 Å². The first kappa shape index (κ1) is 8.72. The van der Waals surface area contributed by atoms with Crippen LogP contribution in [0.1, 0.15) is 10.6 Å². The van der Waals surface area contributed by atoms with Crippen LogP contribution >= 0.6 is 22.9 Å². The number of alkyl halides is 1. The molecule has 0 aliphatic rings. The number of aromatic nitrogens is 3. The van der Waals surface area contributed by atoms with Crippen LogP contribution in [0.4, 0.5) is 0 Å². The van der Waals surface area contributed by atoms with Crippen molar-refractivity contribution in [2.24, 2.45) is 0 Å². The largest absolute Gasteiger partial charge is 0.243 e. The van der Waals surface area contributed by atoms with Crippen LogP contribution in [0, 0.1) is 0 Å². The summed E-state index contributed by atoms with van der Waals surface area (Å²) in [4.78, 5) is 1.26. The van der Waals surface area contributed by atoms with Crippen molar-refractivity contribution < 1.29 is 0 Å². The van der Waals surface area contributed by atoms with E-state index < -0.39 is 0 Å². The quantitative estimate of drug-likeness (QED) is 0.732. The highest BCUT2D eigenvalue weighted by Gasteiger charge is 2.03. The molecule has 0 N–H and O–H groups in total. The van der Waals surface area contributed by atoms with E-state index in [4.69, 9.17) is 11.6 Å². The first-order valence-electron chi connectivity index (χ1n) is 3.86. The monoisotopic (exact) mass is 213 g/mol. The molecule has 0 aliphatic heterocycles. The molecule has 0 unspecified atom stereocenters. The Balaban J connectivity index is 2.18. The first-order valence-corrected chi connectivity index (χ1v) is 5.27. The summed E-state index contributed by atoms with van der Waals surface area (Å²) in [5.41, 5.74) is 0.954. The maximum Gasteiger partial charge on any atom is 0.0773 e. The Hall–Kier alpha value is -0.870. The summed E-state index contributed by atoms with van der Waals surface area (Å²) in [6, 6.07) is 4.10. The number of rotatable bonds is 3. The lowest BCUT2D eigenvalue weighted by Crippen LogP contribution is -2.03. The maximum absolute atomic E-state index is 5.72. The molecule has 2 rings (SSSR count). The second kappa shape index (κ2) is 3.89. The van der Waals surface area contributed by atoms with E-state index in [2.05, 4.69) is 16.4 Å². The zero-order chi connectivity index (χ0) is 9.10. The van der Waals surface area contributed by atoms with Gasteiger partial charge in [0.15, 0.2) is 0 Å². The fourth-order valence-corrected chi connectivity index (χ4v) is 1.96. The van der Waals surface area contributed by atoms with E-state index in [-0.39, 0.29) is 0 Å². The molecule has 0 amide bonds. The maximum atomic E-state index is 5.72. The predicted molar refractivity (Wildman–Crippen MR) is 53.0 cm³/mol. The molecule has 0 atom stereocenters. The third-order valence-corrected chi connectivity index (χ3v) is 2.86. The van der Waals surface area contributed by atoms with Gasteiger partial charge in [0, 0.05) is 4.88 Å². The molecule has 0 radical (unpaired) electrons. The Kier molecular flexibility index (Phi) is 2.61. The van der Waals surface area contributed by atoms with Gasteiger partial charge in [0.2, 0.25) is 0 Å². The van der Waals surface area contributed by atoms with Gasteiger partial charge in [-0.25, -0.2) is 4.68 Å². The number of nitrogens with zero attached hydrogens (tertiary/aromatic N) is 3. The first-order chi connectivity index (χ1) is 6.40. The molecule has 0 aromatic carbocycles. The lowest BCUT2D eigenvalue weighted by molar-refractivity contribution is 0.636. The highest BCUT2D eigenvalue weighted by Crippen LogP contribution is 2.11. The van der Waals surface area contributed by atoms with Gasteiger partial charge in [0.05, 0.1) is 24.3 Å². The van der Waals surface area contributed by atoms with Crippen LogP contribution in [-0.2, 0) is 12.4 Å². The minimum Gasteiger partial charge on any atom is -0.243 e. The molecule has 5 heteroatoms. The average molecular weight is 214 g/mol. The third kappa shape index (κ3) is 1.89. The predicted octanol–water partition coefficient (Wildman–Crippen LogP) is 2.13. The molecule has 2 aromatic heterocycles. The molecule has 0 aliphatic carbocycles. The van der Waals surface area contributed by atoms with Crippen LogP contribution < -0.4 is 0 Å². The molecule has 0 saturated heterocycles. The van der Waals surface area contributed by atoms with E-state index in [1.165, 1.54) is 4.88 Å². The second-order valence-electron chi connectivity index (χ2n) is 2.60. The smallest absolute Gasteiger partial charge is 0.0773 e. The van der Waals surface area contributed by atoms with Crippen LogP contribution in [0.3, 0.4) is 0 Å². The summed E-state index contributed by atoms with van der Waals surface area (Å²) >= 11 is 7.42. The molecule has 2 aromatic rings. The average Bonchev–Trinajstić information content (AvgIpc) is 2.76. The van der Waals surface area contributed by atoms with Gasteiger partial charge < -0.3 is 0 Å². The Morgan fingerprint density at radius 1 is 1.54 bits per heavy atom. The van der Waals surface area contributed by atoms with Gasteiger partial charge in [0.25, 0.3) is 0 Å². The molecule has 13 heavy (non-hydrogen) atoms. The van der Waals surface area contributed by atoms with Gasteiger partial charge in [-0.2, -0.15) is 0 Å². The van der Waals surface area contributed by atoms with Crippen LogP contribution in [0.5, 0.6) is 0 Å². The van der Waals surface area contributed by atoms with Gasteiger partial charge in [0.1, 0.15) is 0 Å². The highest BCUT2D eigenvalue weighted by atomic mass is 35.5. The van der Waals surface area contributed by atoms with Crippen molar-refractivity contribution in [1.82, 2.24) is 15.0 Å². The van der Waals surface area contributed by atoms with E-state index in [9.17, 15) is 0 Å². The Morgan fingerprint density at radius 3 is 3.15 bits per heavy atom. The fraction of sp³-hybridized carbons (Fsp3) is 0.250. The molecule has 0 saturated carbocycles. The van der Waals surface area contributed by atoms with Crippen molar-refractivity contribution in [2.45, 2.75) is 12.4 Å². The highest BCUT2D eigenvalue weighted by molar-refractivity contribution is 7.09. The summed E-state index contributed by atoms with van der Waals surface area (Å²) in [5, 5.41) is 9.81. The lowest BCUT2D eigenvalue weighted by atomic mass is 10.4. The lowest BCUT2D eigenvalue weighted by Gasteiger charge is -2.00. The molecule has 0 fully saturated rings. The van der Waals surface area contributed by atoms with Gasteiger partial charge >= 0.3 is 0 Å². The fourth-order valence-electron chi connectivity index (χ4n) is 1.07. The standard InChI is InChI=1S/C8H8ClN3S/c9-4-7-5-10-11-12(7)6-8-2-1-3-13-8/h1-3,5H,4,6H2. The van der Waals surface area contributed by atoms with Crippen LogP contribution in [0.25, 0.3) is 0 Å². The molecular formula is C8H8ClN3S. The van der Waals surface area contributed by atoms with Crippen molar-refractivity contribution in [3.8, 4) is 0 Å². The summed E-state index contributed by atoms with van der Waals surface area (Å²) in [6.07, 6.45) is 1.70. The normalized spacial score (nSPS) is 10.5. The van der Waals surface area contributed by atoms with Crippen LogP contribution in [0.2, 0.25) is 0 Å². The summed E-state index contributed by atoms with van der Waals surface area (Å²) < 4.78 is 1.82. The van der Waals surface area contributed by atoms with Gasteiger partial charge in [-0.1, -0.05) is 11.3 Å². The summed E-state index contributed by atoms with van der Waals surface area (Å²) in [5.74, 6) is 0.457. The van der Waals surface area contributed by atoms with Crippen LogP contribution in [-0.4, -0.2) is 15.0 Å². The van der Waals surface area contributed by atoms with Crippen molar-refractivity contribution in [3.05, 3.63) is 34.3 Å². The topological polar surface area (TPSA) is 30.7 Å². The molecule has 2 heterocycles. The molecule has 0 spiro atoms. The van der Waals surface area contributed by atoms with Crippen LogP contribution in [0.15, 0.2) is 23.7 Å². The molecular weight excluding hydrogens is 206 g/mol. The summed E-state index contributed by atoms with van der Waals surface area (Å²) in [6.45, 7) is 0.764. The number of thiophene rings is 1. The Labute approximate surface area is 85.0 Å². The number of hydrogen-bond donors (Lipinski definition) is 0. The van der Waals surface area contributed by atoms with E-state index in [0.717, 1.165) is 12.2 Å². The van der Waals surface area contributed by atoms with E-state index >= 15 is 0 Å². The zero-order valence-corrected chi connectivity index (χ0v) is 8.42. The number of hydrogen-bond acceptors (Lipinski definition) is 3. The molecule has 0 bridgehead atoms. The summed E-state index contributed by atoms with van der Waals surface area (Å²) in [7, 11) is 0. The van der Waals surface area contributed by atoms with Crippen molar-refractivity contribution >= 4 is 22.9 Å². The third-order valence-electron chi connectivity index (χ3n) is 1.72. The Bertz CT molecular complexity index is 368. The van der Waals surface area contributed by atoms with E-state index in [1.807, 2.05) is 16.1 Å². The zero-order valence-electron chi connectivity index (χ0n) is 6.85. The molecule has 68 valence electrons. The van der Waals surface area contributed by atoms with Crippen molar-refractivity contribution in [2.75, 3.05) is 0 Å². The van der Waals surface area contributed by atoms with Gasteiger partial charge in [-0.15, -0.1) is 28.0 Å². The Morgan fingerprint density at radius 2 is 2.46 bits per heavy atom. The van der Waals surface area contributed by atoms with Crippen molar-refractivity contribution in [3.63, 3.8) is 0 Å². The number of halogens is 1.